The van der Waals surface area contributed by atoms with E-state index in [1.165, 1.54) is 6.42 Å². The first-order valence-electron chi connectivity index (χ1n) is 7.06. The number of nitrogen functional groups attached to an aromatic ring is 1. The molecular formula is C15H24N4O. The second kappa shape index (κ2) is 6.24. The van der Waals surface area contributed by atoms with Gasteiger partial charge in [0, 0.05) is 19.6 Å². The SMILES string of the molecule is Cc1ccc(NN)c(C(=O)N(C)CC2CCCN2C)c1. The molecular weight excluding hydrogens is 252 g/mol. The van der Waals surface area contributed by atoms with E-state index in [1.54, 1.807) is 4.90 Å². The fourth-order valence-electron chi connectivity index (χ4n) is 2.78. The summed E-state index contributed by atoms with van der Waals surface area (Å²) in [6.45, 7) is 3.85. The monoisotopic (exact) mass is 276 g/mol. The quantitative estimate of drug-likeness (QED) is 0.645. The number of anilines is 1. The zero-order chi connectivity index (χ0) is 14.7. The first-order chi connectivity index (χ1) is 9.52. The first-order valence-corrected chi connectivity index (χ1v) is 7.06. The van der Waals surface area contributed by atoms with Gasteiger partial charge in [-0.1, -0.05) is 11.6 Å². The second-order valence-electron chi connectivity index (χ2n) is 5.66. The number of rotatable bonds is 4. The average Bonchev–Trinajstić information content (AvgIpc) is 2.83. The Balaban J connectivity index is 2.12. The van der Waals surface area contributed by atoms with Crippen molar-refractivity contribution in [2.45, 2.75) is 25.8 Å². The number of nitrogens with zero attached hydrogens (tertiary/aromatic N) is 2. The molecule has 110 valence electrons. The third-order valence-electron chi connectivity index (χ3n) is 4.06. The molecule has 0 spiro atoms. The van der Waals surface area contributed by atoms with Crippen LogP contribution in [0, 0.1) is 6.92 Å². The number of likely N-dealkylation sites (N-methyl/N-ethyl adjacent to an activating group) is 2. The molecule has 20 heavy (non-hydrogen) atoms. The normalized spacial score (nSPS) is 19.1. The summed E-state index contributed by atoms with van der Waals surface area (Å²) >= 11 is 0. The van der Waals surface area contributed by atoms with E-state index in [0.717, 1.165) is 25.1 Å². The lowest BCUT2D eigenvalue weighted by atomic mass is 10.1. The maximum Gasteiger partial charge on any atom is 0.255 e. The molecule has 0 aromatic heterocycles. The van der Waals surface area contributed by atoms with Gasteiger partial charge in [0.15, 0.2) is 0 Å². The van der Waals surface area contributed by atoms with Crippen LogP contribution in [0.2, 0.25) is 0 Å². The van der Waals surface area contributed by atoms with Crippen LogP contribution in [-0.2, 0) is 0 Å². The zero-order valence-corrected chi connectivity index (χ0v) is 12.5. The highest BCUT2D eigenvalue weighted by atomic mass is 16.2. The van der Waals surface area contributed by atoms with E-state index in [1.807, 2.05) is 32.2 Å². The number of hydrogen-bond acceptors (Lipinski definition) is 4. The number of carbonyl (C=O) groups excluding carboxylic acids is 1. The molecule has 0 bridgehead atoms. The Morgan fingerprint density at radius 1 is 1.55 bits per heavy atom. The van der Waals surface area contributed by atoms with Crippen molar-refractivity contribution < 1.29 is 4.79 Å². The standard InChI is InChI=1S/C15H24N4O/c1-11-6-7-14(17-16)13(9-11)15(20)19(3)10-12-5-4-8-18(12)2/h6-7,9,12,17H,4-5,8,10,16H2,1-3H3. The van der Waals surface area contributed by atoms with E-state index in [2.05, 4.69) is 17.4 Å². The number of likely N-dealkylation sites (tertiary alicyclic amines) is 1. The lowest BCUT2D eigenvalue weighted by molar-refractivity contribution is 0.0762. The van der Waals surface area contributed by atoms with Gasteiger partial charge < -0.3 is 15.2 Å². The predicted octanol–water partition coefficient (Wildman–Crippen LogP) is 1.45. The smallest absolute Gasteiger partial charge is 0.255 e. The number of aryl methyl sites for hydroxylation is 1. The van der Waals surface area contributed by atoms with Gasteiger partial charge >= 0.3 is 0 Å². The van der Waals surface area contributed by atoms with Crippen molar-refractivity contribution in [3.63, 3.8) is 0 Å². The fourth-order valence-corrected chi connectivity index (χ4v) is 2.78. The van der Waals surface area contributed by atoms with Gasteiger partial charge in [0.1, 0.15) is 0 Å². The Hall–Kier alpha value is -1.59. The minimum atomic E-state index is 0.0157. The van der Waals surface area contributed by atoms with Crippen LogP contribution in [0.15, 0.2) is 18.2 Å². The van der Waals surface area contributed by atoms with Crippen molar-refractivity contribution in [2.75, 3.05) is 32.6 Å². The lowest BCUT2D eigenvalue weighted by Gasteiger charge is -2.26. The molecule has 1 aliphatic heterocycles. The first kappa shape index (κ1) is 14.8. The van der Waals surface area contributed by atoms with Crippen molar-refractivity contribution in [3.05, 3.63) is 29.3 Å². The molecule has 1 unspecified atom stereocenters. The van der Waals surface area contributed by atoms with Gasteiger partial charge in [0.25, 0.3) is 5.91 Å². The van der Waals surface area contributed by atoms with Gasteiger partial charge in [-0.15, -0.1) is 0 Å². The summed E-state index contributed by atoms with van der Waals surface area (Å²) in [5.74, 6) is 5.51. The van der Waals surface area contributed by atoms with Crippen LogP contribution < -0.4 is 11.3 Å². The minimum Gasteiger partial charge on any atom is -0.340 e. The van der Waals surface area contributed by atoms with Crippen LogP contribution in [-0.4, -0.2) is 48.9 Å². The van der Waals surface area contributed by atoms with E-state index in [4.69, 9.17) is 5.84 Å². The van der Waals surface area contributed by atoms with Crippen molar-refractivity contribution in [2.24, 2.45) is 5.84 Å². The highest BCUT2D eigenvalue weighted by Gasteiger charge is 2.25. The highest BCUT2D eigenvalue weighted by Crippen LogP contribution is 2.20. The van der Waals surface area contributed by atoms with E-state index >= 15 is 0 Å². The van der Waals surface area contributed by atoms with Gasteiger partial charge in [-0.05, 0) is 45.5 Å². The van der Waals surface area contributed by atoms with Gasteiger partial charge in [-0.25, -0.2) is 0 Å². The van der Waals surface area contributed by atoms with Crippen molar-refractivity contribution in [1.29, 1.82) is 0 Å². The summed E-state index contributed by atoms with van der Waals surface area (Å²) in [5, 5.41) is 0. The molecule has 5 heteroatoms. The van der Waals surface area contributed by atoms with Crippen LogP contribution in [0.4, 0.5) is 5.69 Å². The molecule has 1 heterocycles. The van der Waals surface area contributed by atoms with E-state index in [9.17, 15) is 4.79 Å². The Morgan fingerprint density at radius 2 is 2.30 bits per heavy atom. The van der Waals surface area contributed by atoms with Crippen molar-refractivity contribution in [1.82, 2.24) is 9.80 Å². The summed E-state index contributed by atoms with van der Waals surface area (Å²) in [6, 6.07) is 6.13. The number of amides is 1. The van der Waals surface area contributed by atoms with Crippen LogP contribution >= 0.6 is 0 Å². The third kappa shape index (κ3) is 3.11. The molecule has 0 saturated carbocycles. The topological polar surface area (TPSA) is 61.6 Å². The molecule has 1 aromatic rings. The molecule has 1 aliphatic rings. The summed E-state index contributed by atoms with van der Waals surface area (Å²) in [6.07, 6.45) is 2.37. The second-order valence-corrected chi connectivity index (χ2v) is 5.66. The van der Waals surface area contributed by atoms with Crippen LogP contribution in [0.3, 0.4) is 0 Å². The molecule has 1 amide bonds. The molecule has 0 aliphatic carbocycles. The minimum absolute atomic E-state index is 0.0157. The number of hydrazine groups is 1. The lowest BCUT2D eigenvalue weighted by Crippen LogP contribution is -2.39. The molecule has 0 radical (unpaired) electrons. The molecule has 3 N–H and O–H groups in total. The number of benzene rings is 1. The molecule has 1 aromatic carbocycles. The zero-order valence-electron chi connectivity index (χ0n) is 12.5. The van der Waals surface area contributed by atoms with Crippen LogP contribution in [0.25, 0.3) is 0 Å². The third-order valence-corrected chi connectivity index (χ3v) is 4.06. The number of nitrogens with two attached hydrogens (primary N) is 1. The summed E-state index contributed by atoms with van der Waals surface area (Å²) in [7, 11) is 3.98. The maximum absolute atomic E-state index is 12.6. The Labute approximate surface area is 120 Å². The molecule has 2 rings (SSSR count). The Kier molecular flexibility index (Phi) is 4.62. The molecule has 1 atom stereocenters. The van der Waals surface area contributed by atoms with Gasteiger partial charge in [-0.2, -0.15) is 0 Å². The van der Waals surface area contributed by atoms with Crippen LogP contribution in [0.5, 0.6) is 0 Å². The number of nitrogens with one attached hydrogen (secondary N) is 1. The summed E-state index contributed by atoms with van der Waals surface area (Å²) in [4.78, 5) is 16.7. The summed E-state index contributed by atoms with van der Waals surface area (Å²) < 4.78 is 0. The predicted molar refractivity (Wildman–Crippen MR) is 81.6 cm³/mol. The van der Waals surface area contributed by atoms with Gasteiger partial charge in [0.05, 0.1) is 11.3 Å². The maximum atomic E-state index is 12.6. The Morgan fingerprint density at radius 3 is 2.90 bits per heavy atom. The summed E-state index contributed by atoms with van der Waals surface area (Å²) in [5.41, 5.74) is 4.97. The average molecular weight is 276 g/mol. The molecule has 1 saturated heterocycles. The number of carbonyl (C=O) groups is 1. The van der Waals surface area contributed by atoms with E-state index in [-0.39, 0.29) is 5.91 Å². The van der Waals surface area contributed by atoms with E-state index in [0.29, 0.717) is 17.3 Å². The highest BCUT2D eigenvalue weighted by molar-refractivity contribution is 5.99. The van der Waals surface area contributed by atoms with Crippen LogP contribution in [0.1, 0.15) is 28.8 Å². The molecule has 5 nitrogen and oxygen atoms in total. The van der Waals surface area contributed by atoms with Crippen molar-refractivity contribution >= 4 is 11.6 Å². The van der Waals surface area contributed by atoms with Gasteiger partial charge in [-0.3, -0.25) is 10.6 Å². The fraction of sp³-hybridized carbons (Fsp3) is 0.533. The number of hydrogen-bond donors (Lipinski definition) is 2. The molecule has 1 fully saturated rings. The largest absolute Gasteiger partial charge is 0.340 e. The van der Waals surface area contributed by atoms with Gasteiger partial charge in [0.2, 0.25) is 0 Å². The van der Waals surface area contributed by atoms with Crippen molar-refractivity contribution in [3.8, 4) is 0 Å². The Bertz CT molecular complexity index is 489. The van der Waals surface area contributed by atoms with E-state index < -0.39 is 0 Å².